The molecule has 2 saturated carbocycles. The maximum atomic E-state index is 12.6. The second kappa shape index (κ2) is 13.6. The molecule has 4 atom stereocenters. The Kier molecular flexibility index (Phi) is 9.60. The zero-order chi connectivity index (χ0) is 28.9. The van der Waals surface area contributed by atoms with Gasteiger partial charge >= 0.3 is 0 Å². The van der Waals surface area contributed by atoms with Crippen molar-refractivity contribution in [1.29, 1.82) is 0 Å². The number of ether oxygens (including phenoxy) is 1. The lowest BCUT2D eigenvalue weighted by Crippen LogP contribution is -2.42. The maximum Gasteiger partial charge on any atom is 0.169 e. The van der Waals surface area contributed by atoms with Crippen LogP contribution in [0, 0.1) is 17.3 Å². The number of carbonyl (C=O) groups excluding carboxylic acids is 1. The summed E-state index contributed by atoms with van der Waals surface area (Å²) in [6.07, 6.45) is 17.0. The van der Waals surface area contributed by atoms with Crippen molar-refractivity contribution in [2.45, 2.75) is 101 Å². The van der Waals surface area contributed by atoms with Gasteiger partial charge in [-0.3, -0.25) is 4.79 Å². The van der Waals surface area contributed by atoms with Crippen LogP contribution in [0.3, 0.4) is 0 Å². The molecule has 1 heterocycles. The van der Waals surface area contributed by atoms with Crippen molar-refractivity contribution in [3.05, 3.63) is 88.7 Å². The van der Waals surface area contributed by atoms with Crippen molar-refractivity contribution < 1.29 is 14.1 Å². The number of rotatable bonds is 12. The summed E-state index contributed by atoms with van der Waals surface area (Å²) in [5.74, 6) is 4.46. The van der Waals surface area contributed by atoms with E-state index in [1.54, 1.807) is 5.56 Å². The highest BCUT2D eigenvalue weighted by Gasteiger charge is 2.54. The van der Waals surface area contributed by atoms with Gasteiger partial charge < -0.3 is 4.74 Å². The van der Waals surface area contributed by atoms with E-state index in [1.807, 2.05) is 23.9 Å². The average molecular weight is 603 g/mol. The fourth-order valence-electron chi connectivity index (χ4n) is 7.97. The zero-order valence-electron chi connectivity index (χ0n) is 25.0. The summed E-state index contributed by atoms with van der Waals surface area (Å²) in [5, 5.41) is 0.790. The largest absolute Gasteiger partial charge is 0.494 e. The smallest absolute Gasteiger partial charge is 0.169 e. The van der Waals surface area contributed by atoms with Gasteiger partial charge in [0, 0.05) is 46.1 Å². The molecule has 3 aliphatic rings. The van der Waals surface area contributed by atoms with Crippen LogP contribution in [-0.4, -0.2) is 12.4 Å². The normalized spacial score (nSPS) is 24.6. The molecule has 0 amide bonds. The van der Waals surface area contributed by atoms with Gasteiger partial charge in [-0.25, -0.2) is 4.57 Å². The number of hydrogen-bond donors (Lipinski definition) is 0. The lowest BCUT2D eigenvalue weighted by atomic mass is 9.55. The molecule has 6 rings (SSSR count). The van der Waals surface area contributed by atoms with Gasteiger partial charge in [-0.05, 0) is 104 Å². The molecule has 3 aromatic rings. The number of aromatic nitrogens is 1. The summed E-state index contributed by atoms with van der Waals surface area (Å²) in [7, 11) is 0. The summed E-state index contributed by atoms with van der Waals surface area (Å²) in [6, 6.07) is 19.4. The number of unbranched alkanes of at least 4 members (excludes halogenated alkanes) is 4. The molecule has 3 nitrogen and oxygen atoms in total. The lowest BCUT2D eigenvalue weighted by Gasteiger charge is -2.48. The number of thioether (sulfide) groups is 1. The Bertz CT molecular complexity index is 1360. The van der Waals surface area contributed by atoms with Crippen LogP contribution in [-0.2, 0) is 23.5 Å². The summed E-state index contributed by atoms with van der Waals surface area (Å²) in [6.45, 7) is 4.14. The Morgan fingerprint density at radius 1 is 0.929 bits per heavy atom. The van der Waals surface area contributed by atoms with E-state index in [1.165, 1.54) is 54.5 Å². The topological polar surface area (TPSA) is 30.2 Å². The van der Waals surface area contributed by atoms with E-state index in [0.717, 1.165) is 61.8 Å². The minimum Gasteiger partial charge on any atom is -0.494 e. The van der Waals surface area contributed by atoms with E-state index in [9.17, 15) is 4.79 Å². The van der Waals surface area contributed by atoms with Gasteiger partial charge in [0.25, 0.3) is 0 Å². The SMILES string of the molecule is C[C@]12CC[C@@H]3c4ccc(OCCCCCCC[n+]5ccc(SCc6ccc(Cl)cc6)cc5)cc4CC[C@H]3[C@@H]1CCC2=O. The monoisotopic (exact) mass is 602 g/mol. The fourth-order valence-corrected chi connectivity index (χ4v) is 8.94. The van der Waals surface area contributed by atoms with Crippen LogP contribution in [0.2, 0.25) is 5.02 Å². The molecule has 2 fully saturated rings. The third-order valence-corrected chi connectivity index (χ3v) is 11.8. The predicted molar refractivity (Wildman–Crippen MR) is 172 cm³/mol. The standard InChI is InChI=1S/C37H45ClNO2S/c1-37-20-17-33-32-14-12-30(25-28(32)9-13-34(33)35(37)15-16-36(37)40)41-24-6-4-2-3-5-21-39-22-18-31(19-23-39)42-26-27-7-10-29(38)11-8-27/h7-8,10-12,14,18-19,22-23,25,33-35H,2-6,9,13,15-17,20-21,24,26H2,1H3/q+1/t33-,34-,35+,37+/m1/s1. The van der Waals surface area contributed by atoms with E-state index in [0.29, 0.717) is 23.5 Å². The van der Waals surface area contributed by atoms with Gasteiger partial charge in [-0.2, -0.15) is 0 Å². The highest BCUT2D eigenvalue weighted by Crippen LogP contribution is 2.59. The van der Waals surface area contributed by atoms with E-state index in [2.05, 4.69) is 66.3 Å². The minimum atomic E-state index is -0.0370. The first-order valence-corrected chi connectivity index (χ1v) is 17.5. The summed E-state index contributed by atoms with van der Waals surface area (Å²) < 4.78 is 8.49. The molecule has 0 bridgehead atoms. The van der Waals surface area contributed by atoms with Gasteiger partial charge in [-0.1, -0.05) is 49.6 Å². The van der Waals surface area contributed by atoms with Crippen molar-refractivity contribution in [2.24, 2.45) is 17.3 Å². The zero-order valence-corrected chi connectivity index (χ0v) is 26.6. The van der Waals surface area contributed by atoms with Gasteiger partial charge in [0.05, 0.1) is 6.61 Å². The Balaban J connectivity index is 0.861. The Morgan fingerprint density at radius 3 is 2.55 bits per heavy atom. The number of nitrogens with zero attached hydrogens (tertiary/aromatic N) is 1. The molecule has 0 N–H and O–H groups in total. The van der Waals surface area contributed by atoms with Gasteiger partial charge in [-0.15, -0.1) is 11.8 Å². The number of carbonyl (C=O) groups is 1. The fraction of sp³-hybridized carbons (Fsp3) is 0.514. The van der Waals surface area contributed by atoms with Crippen molar-refractivity contribution in [3.63, 3.8) is 0 Å². The van der Waals surface area contributed by atoms with Crippen LogP contribution < -0.4 is 9.30 Å². The van der Waals surface area contributed by atoms with Gasteiger partial charge in [0.2, 0.25) is 0 Å². The number of pyridine rings is 1. The lowest BCUT2D eigenvalue weighted by molar-refractivity contribution is -0.697. The molecule has 0 unspecified atom stereocenters. The first-order valence-electron chi connectivity index (χ1n) is 16.1. The Hall–Kier alpha value is -2.30. The molecular weight excluding hydrogens is 558 g/mol. The third-order valence-electron chi connectivity index (χ3n) is 10.4. The quantitative estimate of drug-likeness (QED) is 0.117. The number of ketones is 1. The average Bonchev–Trinajstić information content (AvgIpc) is 3.32. The highest BCUT2D eigenvalue weighted by atomic mass is 35.5. The molecule has 2 aromatic carbocycles. The number of aryl methyl sites for hydroxylation is 2. The van der Waals surface area contributed by atoms with E-state index in [4.69, 9.17) is 16.3 Å². The molecule has 1 aromatic heterocycles. The number of halogens is 1. The molecule has 3 aliphatic carbocycles. The second-order valence-corrected chi connectivity index (χ2v) is 14.5. The predicted octanol–water partition coefficient (Wildman–Crippen LogP) is 9.37. The first kappa shape index (κ1) is 29.8. The van der Waals surface area contributed by atoms with E-state index >= 15 is 0 Å². The minimum absolute atomic E-state index is 0.0370. The van der Waals surface area contributed by atoms with Crippen LogP contribution in [0.5, 0.6) is 5.75 Å². The Labute approximate surface area is 261 Å². The van der Waals surface area contributed by atoms with Crippen molar-refractivity contribution >= 4 is 29.1 Å². The number of hydrogen-bond acceptors (Lipinski definition) is 3. The molecule has 222 valence electrons. The van der Waals surface area contributed by atoms with Crippen LogP contribution in [0.25, 0.3) is 0 Å². The molecule has 0 radical (unpaired) electrons. The van der Waals surface area contributed by atoms with Crippen LogP contribution in [0.15, 0.2) is 71.9 Å². The summed E-state index contributed by atoms with van der Waals surface area (Å²) >= 11 is 7.84. The third kappa shape index (κ3) is 6.76. The van der Waals surface area contributed by atoms with E-state index in [-0.39, 0.29) is 5.41 Å². The number of Topliss-reactive ketones (excluding diaryl/α,β-unsaturated/α-hetero) is 1. The molecule has 5 heteroatoms. The summed E-state index contributed by atoms with van der Waals surface area (Å²) in [4.78, 5) is 13.9. The van der Waals surface area contributed by atoms with Crippen molar-refractivity contribution in [2.75, 3.05) is 6.61 Å². The molecule has 0 spiro atoms. The summed E-state index contributed by atoms with van der Waals surface area (Å²) in [5.41, 5.74) is 4.30. The number of fused-ring (bicyclic) bond motifs is 5. The first-order chi connectivity index (χ1) is 20.5. The second-order valence-electron chi connectivity index (χ2n) is 13.0. The van der Waals surface area contributed by atoms with Crippen LogP contribution in [0.4, 0.5) is 0 Å². The maximum absolute atomic E-state index is 12.6. The van der Waals surface area contributed by atoms with E-state index < -0.39 is 0 Å². The highest BCUT2D eigenvalue weighted by molar-refractivity contribution is 7.98. The van der Waals surface area contributed by atoms with Gasteiger partial charge in [0.1, 0.15) is 18.1 Å². The van der Waals surface area contributed by atoms with Crippen LogP contribution in [0.1, 0.15) is 93.7 Å². The van der Waals surface area contributed by atoms with Crippen LogP contribution >= 0.6 is 23.4 Å². The molecule has 42 heavy (non-hydrogen) atoms. The van der Waals surface area contributed by atoms with Gasteiger partial charge in [0.15, 0.2) is 12.4 Å². The molecular formula is C37H45ClNO2S+. The molecule has 0 saturated heterocycles. The molecule has 0 aliphatic heterocycles. The Morgan fingerprint density at radius 2 is 1.71 bits per heavy atom. The van der Waals surface area contributed by atoms with Crippen molar-refractivity contribution in [3.8, 4) is 5.75 Å². The van der Waals surface area contributed by atoms with Crippen molar-refractivity contribution in [1.82, 2.24) is 0 Å². The number of benzene rings is 2.